The highest BCUT2D eigenvalue weighted by atomic mass is 16.5. The molecule has 3 heteroatoms. The monoisotopic (exact) mass is 313 g/mol. The van der Waals surface area contributed by atoms with Crippen molar-refractivity contribution in [2.24, 2.45) is 5.92 Å². The number of carbonyl (C=O) groups excluding carboxylic acids is 1. The third kappa shape index (κ3) is 3.30. The number of fused-ring (bicyclic) bond motifs is 2. The first-order valence-corrected chi connectivity index (χ1v) is 9.18. The van der Waals surface area contributed by atoms with Gasteiger partial charge in [-0.25, -0.2) is 0 Å². The Morgan fingerprint density at radius 3 is 2.39 bits per heavy atom. The Balaban J connectivity index is 1.43. The van der Waals surface area contributed by atoms with Gasteiger partial charge < -0.3 is 9.64 Å². The van der Waals surface area contributed by atoms with Crippen LogP contribution >= 0.6 is 0 Å². The summed E-state index contributed by atoms with van der Waals surface area (Å²) in [5.41, 5.74) is 1.13. The van der Waals surface area contributed by atoms with Gasteiger partial charge in [0, 0.05) is 12.1 Å². The lowest BCUT2D eigenvalue weighted by molar-refractivity contribution is -0.154. The van der Waals surface area contributed by atoms with E-state index < -0.39 is 0 Å². The van der Waals surface area contributed by atoms with Gasteiger partial charge in [-0.15, -0.1) is 0 Å². The van der Waals surface area contributed by atoms with Gasteiger partial charge in [0.1, 0.15) is 6.10 Å². The summed E-state index contributed by atoms with van der Waals surface area (Å²) in [5.74, 6) is 0.666. The quantitative estimate of drug-likeness (QED) is 0.776. The van der Waals surface area contributed by atoms with Crippen molar-refractivity contribution in [2.45, 2.75) is 69.1 Å². The van der Waals surface area contributed by atoms with Crippen LogP contribution < -0.4 is 0 Å². The van der Waals surface area contributed by atoms with E-state index in [0.717, 1.165) is 30.7 Å². The van der Waals surface area contributed by atoms with Crippen molar-refractivity contribution in [3.05, 3.63) is 35.9 Å². The minimum absolute atomic E-state index is 0.0112. The highest BCUT2D eigenvalue weighted by Crippen LogP contribution is 2.40. The van der Waals surface area contributed by atoms with Crippen LogP contribution in [0.15, 0.2) is 30.3 Å². The van der Waals surface area contributed by atoms with E-state index in [4.69, 9.17) is 4.74 Å². The third-order valence-corrected chi connectivity index (χ3v) is 6.09. The molecular weight excluding hydrogens is 286 g/mol. The van der Waals surface area contributed by atoms with E-state index in [-0.39, 0.29) is 18.0 Å². The molecule has 0 N–H and O–H groups in total. The Labute approximate surface area is 139 Å². The van der Waals surface area contributed by atoms with Crippen LogP contribution in [0.5, 0.6) is 0 Å². The zero-order valence-electron chi connectivity index (χ0n) is 14.0. The first kappa shape index (κ1) is 15.2. The Bertz CT molecular complexity index is 540. The van der Waals surface area contributed by atoms with Crippen LogP contribution in [-0.2, 0) is 9.53 Å². The standard InChI is InChI=1S/C20H27NO2/c1-21-16-9-10-17(21)13-18(12-16)23-20(22)19(11-14-7-8-14)15-5-3-2-4-6-15/h2-6,14,16-19H,7-13H2,1H3/t16-,17+,18+,19?. The molecule has 1 saturated carbocycles. The molecule has 0 radical (unpaired) electrons. The molecule has 3 nitrogen and oxygen atoms in total. The minimum Gasteiger partial charge on any atom is -0.462 e. The fourth-order valence-electron chi connectivity index (χ4n) is 4.44. The smallest absolute Gasteiger partial charge is 0.313 e. The molecule has 23 heavy (non-hydrogen) atoms. The van der Waals surface area contributed by atoms with Crippen molar-refractivity contribution < 1.29 is 9.53 Å². The molecule has 2 bridgehead atoms. The predicted octanol–water partition coefficient (Wildman–Crippen LogP) is 3.74. The molecule has 3 aliphatic rings. The van der Waals surface area contributed by atoms with Crippen molar-refractivity contribution in [1.29, 1.82) is 0 Å². The molecular formula is C20H27NO2. The maximum Gasteiger partial charge on any atom is 0.313 e. The summed E-state index contributed by atoms with van der Waals surface area (Å²) < 4.78 is 6.00. The first-order valence-electron chi connectivity index (χ1n) is 9.18. The second kappa shape index (κ2) is 6.27. The number of ether oxygens (including phenoxy) is 1. The van der Waals surface area contributed by atoms with Crippen LogP contribution in [0.2, 0.25) is 0 Å². The summed E-state index contributed by atoms with van der Waals surface area (Å²) in [6.07, 6.45) is 8.19. The molecule has 0 aromatic heterocycles. The third-order valence-electron chi connectivity index (χ3n) is 6.09. The SMILES string of the molecule is CN1[C@@H]2CC[C@H]1C[C@@H](OC(=O)C(CC1CC1)c1ccccc1)C2. The number of hydrogen-bond acceptors (Lipinski definition) is 3. The predicted molar refractivity (Wildman–Crippen MR) is 90.2 cm³/mol. The minimum atomic E-state index is -0.0685. The molecule has 2 aliphatic heterocycles. The molecule has 2 saturated heterocycles. The first-order chi connectivity index (χ1) is 11.2. The van der Waals surface area contributed by atoms with Crippen LogP contribution in [0.3, 0.4) is 0 Å². The zero-order chi connectivity index (χ0) is 15.8. The number of carbonyl (C=O) groups is 1. The maximum atomic E-state index is 12.9. The van der Waals surface area contributed by atoms with Crippen molar-refractivity contribution in [3.8, 4) is 0 Å². The van der Waals surface area contributed by atoms with E-state index in [1.807, 2.05) is 18.2 Å². The Hall–Kier alpha value is -1.35. The molecule has 2 heterocycles. The van der Waals surface area contributed by atoms with E-state index in [9.17, 15) is 4.79 Å². The molecule has 4 rings (SSSR count). The molecule has 4 atom stereocenters. The van der Waals surface area contributed by atoms with E-state index in [1.165, 1.54) is 25.7 Å². The number of hydrogen-bond donors (Lipinski definition) is 0. The van der Waals surface area contributed by atoms with Gasteiger partial charge in [0.15, 0.2) is 0 Å². The second-order valence-electron chi connectivity index (χ2n) is 7.72. The average molecular weight is 313 g/mol. The number of rotatable bonds is 5. The van der Waals surface area contributed by atoms with Gasteiger partial charge in [-0.1, -0.05) is 43.2 Å². The van der Waals surface area contributed by atoms with Gasteiger partial charge in [-0.3, -0.25) is 4.79 Å². The van der Waals surface area contributed by atoms with Crippen molar-refractivity contribution >= 4 is 5.97 Å². The fraction of sp³-hybridized carbons (Fsp3) is 0.650. The lowest BCUT2D eigenvalue weighted by atomic mass is 9.93. The normalized spacial score (nSPS) is 31.8. The topological polar surface area (TPSA) is 29.5 Å². The van der Waals surface area contributed by atoms with E-state index >= 15 is 0 Å². The molecule has 1 aliphatic carbocycles. The van der Waals surface area contributed by atoms with Crippen LogP contribution in [-0.4, -0.2) is 36.1 Å². The van der Waals surface area contributed by atoms with E-state index in [1.54, 1.807) is 0 Å². The maximum absolute atomic E-state index is 12.9. The van der Waals surface area contributed by atoms with E-state index in [2.05, 4.69) is 24.1 Å². The van der Waals surface area contributed by atoms with Gasteiger partial charge in [0.2, 0.25) is 0 Å². The Morgan fingerprint density at radius 2 is 1.78 bits per heavy atom. The molecule has 1 aromatic carbocycles. The summed E-state index contributed by atoms with van der Waals surface area (Å²) in [5, 5.41) is 0. The Morgan fingerprint density at radius 1 is 1.13 bits per heavy atom. The summed E-state index contributed by atoms with van der Waals surface area (Å²) in [7, 11) is 2.22. The second-order valence-corrected chi connectivity index (χ2v) is 7.72. The molecule has 124 valence electrons. The summed E-state index contributed by atoms with van der Waals surface area (Å²) in [6.45, 7) is 0. The molecule has 1 aromatic rings. The van der Waals surface area contributed by atoms with Crippen molar-refractivity contribution in [3.63, 3.8) is 0 Å². The van der Waals surface area contributed by atoms with Gasteiger partial charge in [0.25, 0.3) is 0 Å². The highest BCUT2D eigenvalue weighted by Gasteiger charge is 2.41. The van der Waals surface area contributed by atoms with Crippen LogP contribution in [0.4, 0.5) is 0 Å². The fourth-order valence-corrected chi connectivity index (χ4v) is 4.44. The molecule has 3 fully saturated rings. The number of esters is 1. The van der Waals surface area contributed by atoms with E-state index in [0.29, 0.717) is 12.1 Å². The van der Waals surface area contributed by atoms with Gasteiger partial charge >= 0.3 is 5.97 Å². The number of piperidine rings is 1. The Kier molecular flexibility index (Phi) is 4.14. The number of nitrogens with zero attached hydrogens (tertiary/aromatic N) is 1. The number of benzene rings is 1. The molecule has 1 unspecified atom stereocenters. The summed E-state index contributed by atoms with van der Waals surface area (Å²) in [4.78, 5) is 15.3. The molecule has 0 spiro atoms. The largest absolute Gasteiger partial charge is 0.462 e. The lowest BCUT2D eigenvalue weighted by Gasteiger charge is -2.36. The molecule has 0 amide bonds. The zero-order valence-corrected chi connectivity index (χ0v) is 14.0. The lowest BCUT2D eigenvalue weighted by Crippen LogP contribution is -2.43. The highest BCUT2D eigenvalue weighted by molar-refractivity contribution is 5.78. The van der Waals surface area contributed by atoms with Crippen molar-refractivity contribution in [2.75, 3.05) is 7.05 Å². The van der Waals surface area contributed by atoms with Crippen molar-refractivity contribution in [1.82, 2.24) is 4.90 Å². The van der Waals surface area contributed by atoms with Gasteiger partial charge in [-0.2, -0.15) is 0 Å². The summed E-state index contributed by atoms with van der Waals surface area (Å²) >= 11 is 0. The van der Waals surface area contributed by atoms with Gasteiger partial charge in [0.05, 0.1) is 5.92 Å². The van der Waals surface area contributed by atoms with Crippen LogP contribution in [0.25, 0.3) is 0 Å². The van der Waals surface area contributed by atoms with Crippen LogP contribution in [0.1, 0.15) is 56.4 Å². The van der Waals surface area contributed by atoms with Gasteiger partial charge in [-0.05, 0) is 50.6 Å². The summed E-state index contributed by atoms with van der Waals surface area (Å²) in [6, 6.07) is 11.4. The average Bonchev–Trinajstić information content (AvgIpc) is 3.35. The van der Waals surface area contributed by atoms with Crippen LogP contribution in [0, 0.1) is 5.92 Å².